The molecule has 0 bridgehead atoms. The van der Waals surface area contributed by atoms with E-state index in [0.29, 0.717) is 0 Å². The molecular weight excluding hydrogens is 407 g/mol. The minimum atomic E-state index is -4.80. The van der Waals surface area contributed by atoms with Gasteiger partial charge in [-0.15, -0.1) is 0 Å². The van der Waals surface area contributed by atoms with Gasteiger partial charge in [-0.05, 0) is 37.5 Å². The molecular formula is C18H21O10P. The summed E-state index contributed by atoms with van der Waals surface area (Å²) in [5, 5.41) is 0. The highest BCUT2D eigenvalue weighted by atomic mass is 31.2. The average Bonchev–Trinajstić information content (AvgIpc) is 2.66. The number of carbonyl (C=O) groups is 6. The maximum absolute atomic E-state index is 12.6. The molecule has 0 fully saturated rings. The predicted octanol–water partition coefficient (Wildman–Crippen LogP) is 1.29. The van der Waals surface area contributed by atoms with Crippen molar-refractivity contribution in [2.45, 2.75) is 20.8 Å². The second-order valence-electron chi connectivity index (χ2n) is 5.87. The summed E-state index contributed by atoms with van der Waals surface area (Å²) in [5.74, 6) is -6.51. The summed E-state index contributed by atoms with van der Waals surface area (Å²) in [4.78, 5) is 69.5. The molecule has 0 saturated heterocycles. The smallest absolute Gasteiger partial charge is 0.288 e. The van der Waals surface area contributed by atoms with Crippen molar-refractivity contribution >= 4 is 42.5 Å². The van der Waals surface area contributed by atoms with Gasteiger partial charge in [-0.25, -0.2) is 4.57 Å². The third-order valence-electron chi connectivity index (χ3n) is 2.98. The number of Topliss-reactive ketones (excluding diaryl/α,β-unsaturated/α-hetero) is 6. The Hall–Kier alpha value is -2.65. The Morgan fingerprint density at radius 2 is 0.793 bits per heavy atom. The van der Waals surface area contributed by atoms with Crippen LogP contribution in [0.4, 0.5) is 0 Å². The Bertz CT molecular complexity index is 739. The van der Waals surface area contributed by atoms with Gasteiger partial charge in [0.05, 0.1) is 0 Å². The van der Waals surface area contributed by atoms with Gasteiger partial charge in [0.25, 0.3) is 0 Å². The normalized spacial score (nSPS) is 10.7. The van der Waals surface area contributed by atoms with E-state index in [2.05, 4.69) is 33.3 Å². The molecule has 0 aromatic carbocycles. The zero-order chi connectivity index (χ0) is 22.9. The molecule has 0 N–H and O–H groups in total. The lowest BCUT2D eigenvalue weighted by atomic mass is 10.1. The number of rotatable bonds is 15. The van der Waals surface area contributed by atoms with Gasteiger partial charge < -0.3 is 0 Å². The molecule has 0 unspecified atom stereocenters. The van der Waals surface area contributed by atoms with Crippen LogP contribution in [0, 0.1) is 0 Å². The third-order valence-corrected chi connectivity index (χ3v) is 4.32. The number of hydrogen-bond acceptors (Lipinski definition) is 10. The number of carbonyl (C=O) groups excluding carboxylic acids is 6. The Kier molecular flexibility index (Phi) is 10.3. The van der Waals surface area contributed by atoms with Gasteiger partial charge in [0.2, 0.25) is 34.7 Å². The summed E-state index contributed by atoms with van der Waals surface area (Å²) >= 11 is 0. The van der Waals surface area contributed by atoms with E-state index in [1.807, 2.05) is 0 Å². The van der Waals surface area contributed by atoms with E-state index in [4.69, 9.17) is 0 Å². The highest BCUT2D eigenvalue weighted by Gasteiger charge is 2.33. The van der Waals surface area contributed by atoms with E-state index < -0.39 is 62.3 Å². The molecule has 0 rings (SSSR count). The highest BCUT2D eigenvalue weighted by molar-refractivity contribution is 7.48. The molecule has 0 amide bonds. The van der Waals surface area contributed by atoms with Crippen molar-refractivity contribution in [1.82, 2.24) is 0 Å². The van der Waals surface area contributed by atoms with Crippen molar-refractivity contribution in [2.75, 3.05) is 19.8 Å². The van der Waals surface area contributed by atoms with Crippen LogP contribution < -0.4 is 0 Å². The van der Waals surface area contributed by atoms with E-state index in [9.17, 15) is 33.3 Å². The van der Waals surface area contributed by atoms with Gasteiger partial charge >= 0.3 is 7.82 Å². The van der Waals surface area contributed by atoms with Crippen molar-refractivity contribution < 1.29 is 46.9 Å². The molecule has 0 aliphatic rings. The number of phosphoric acid groups is 1. The van der Waals surface area contributed by atoms with Crippen LogP contribution >= 0.6 is 7.82 Å². The zero-order valence-electron chi connectivity index (χ0n) is 16.3. The molecule has 0 aromatic rings. The van der Waals surface area contributed by atoms with Crippen LogP contribution in [0.1, 0.15) is 20.8 Å². The van der Waals surface area contributed by atoms with E-state index in [1.165, 1.54) is 20.8 Å². The van der Waals surface area contributed by atoms with Crippen LogP contribution in [0.25, 0.3) is 0 Å². The first-order valence-corrected chi connectivity index (χ1v) is 9.40. The molecule has 0 aliphatic heterocycles. The number of allylic oxidation sites excluding steroid dienone is 3. The van der Waals surface area contributed by atoms with Crippen molar-refractivity contribution in [1.29, 1.82) is 0 Å². The average molecular weight is 428 g/mol. The third kappa shape index (κ3) is 8.93. The molecule has 0 aromatic heterocycles. The summed E-state index contributed by atoms with van der Waals surface area (Å²) in [6.07, 6.45) is 0. The molecule has 0 aliphatic carbocycles. The van der Waals surface area contributed by atoms with E-state index in [-0.39, 0.29) is 16.7 Å². The van der Waals surface area contributed by atoms with Gasteiger partial charge in [0, 0.05) is 0 Å². The van der Waals surface area contributed by atoms with E-state index in [0.717, 1.165) is 0 Å². The number of hydrogen-bond donors (Lipinski definition) is 0. The van der Waals surface area contributed by atoms with Gasteiger partial charge in [-0.3, -0.25) is 42.3 Å². The van der Waals surface area contributed by atoms with E-state index >= 15 is 0 Å². The molecule has 0 heterocycles. The van der Waals surface area contributed by atoms with Crippen LogP contribution in [0.2, 0.25) is 0 Å². The van der Waals surface area contributed by atoms with Crippen molar-refractivity contribution in [3.8, 4) is 0 Å². The van der Waals surface area contributed by atoms with Gasteiger partial charge in [-0.1, -0.05) is 19.7 Å². The molecule has 29 heavy (non-hydrogen) atoms. The molecule has 0 saturated carbocycles. The first kappa shape index (κ1) is 26.4. The first-order chi connectivity index (χ1) is 13.2. The topological polar surface area (TPSA) is 147 Å². The molecule has 10 nitrogen and oxygen atoms in total. The molecule has 0 radical (unpaired) electrons. The lowest BCUT2D eigenvalue weighted by Crippen LogP contribution is -2.24. The molecule has 158 valence electrons. The van der Waals surface area contributed by atoms with Crippen LogP contribution in [-0.4, -0.2) is 54.5 Å². The summed E-state index contributed by atoms with van der Waals surface area (Å²) in [5.41, 5.74) is -0.334. The minimum absolute atomic E-state index is 0.111. The van der Waals surface area contributed by atoms with Gasteiger partial charge in [0.15, 0.2) is 0 Å². The Balaban J connectivity index is 5.29. The quantitative estimate of drug-likeness (QED) is 0.212. The zero-order valence-corrected chi connectivity index (χ0v) is 17.2. The SMILES string of the molecule is C=C(C)C(=O)C(=O)COP(=O)(OCC(=O)C(=O)C(=C)C)OCC(=O)C(=O)C(=C)C. The Morgan fingerprint density at radius 1 is 0.586 bits per heavy atom. The summed E-state index contributed by atoms with van der Waals surface area (Å²) in [6, 6.07) is 0. The fourth-order valence-corrected chi connectivity index (χ4v) is 2.49. The monoisotopic (exact) mass is 428 g/mol. The fraction of sp³-hybridized carbons (Fsp3) is 0.333. The number of ketones is 6. The Morgan fingerprint density at radius 3 is 0.966 bits per heavy atom. The predicted molar refractivity (Wildman–Crippen MR) is 99.9 cm³/mol. The summed E-state index contributed by atoms with van der Waals surface area (Å²) in [7, 11) is -4.80. The second-order valence-corrected chi connectivity index (χ2v) is 7.53. The van der Waals surface area contributed by atoms with Gasteiger partial charge in [-0.2, -0.15) is 0 Å². The highest BCUT2D eigenvalue weighted by Crippen LogP contribution is 2.49. The summed E-state index contributed by atoms with van der Waals surface area (Å²) < 4.78 is 26.6. The lowest BCUT2D eigenvalue weighted by molar-refractivity contribution is -0.137. The summed E-state index contributed by atoms with van der Waals surface area (Å²) in [6.45, 7) is 10.3. The van der Waals surface area contributed by atoms with Crippen LogP contribution in [0.15, 0.2) is 36.5 Å². The Labute approximate surface area is 167 Å². The minimum Gasteiger partial charge on any atom is -0.288 e. The van der Waals surface area contributed by atoms with Gasteiger partial charge in [0.1, 0.15) is 19.8 Å². The van der Waals surface area contributed by atoms with Crippen molar-refractivity contribution in [3.05, 3.63) is 36.5 Å². The number of phosphoric ester groups is 1. The molecule has 11 heteroatoms. The second kappa shape index (κ2) is 11.4. The van der Waals surface area contributed by atoms with Crippen molar-refractivity contribution in [2.24, 2.45) is 0 Å². The van der Waals surface area contributed by atoms with Crippen molar-refractivity contribution in [3.63, 3.8) is 0 Å². The van der Waals surface area contributed by atoms with Crippen LogP contribution in [0.5, 0.6) is 0 Å². The lowest BCUT2D eigenvalue weighted by Gasteiger charge is -2.16. The van der Waals surface area contributed by atoms with Crippen LogP contribution in [0.3, 0.4) is 0 Å². The largest absolute Gasteiger partial charge is 0.476 e. The fourth-order valence-electron chi connectivity index (χ4n) is 1.44. The van der Waals surface area contributed by atoms with Crippen LogP contribution in [-0.2, 0) is 46.9 Å². The molecule has 0 atom stereocenters. The molecule has 0 spiro atoms. The standard InChI is InChI=1S/C18H21O10P/c1-10(2)16(22)13(19)7-26-29(25,27-8-14(20)17(23)11(3)4)28-9-15(21)18(24)12(5)6/h1,3,5,7-9H2,2,4,6H3. The maximum atomic E-state index is 12.6. The first-order valence-electron chi connectivity index (χ1n) is 7.94. The van der Waals surface area contributed by atoms with E-state index in [1.54, 1.807) is 0 Å². The maximum Gasteiger partial charge on any atom is 0.476 e.